The number of benzene rings is 1. The summed E-state index contributed by atoms with van der Waals surface area (Å²) in [6.07, 6.45) is 0. The van der Waals surface area contributed by atoms with Crippen molar-refractivity contribution in [2.24, 2.45) is 0 Å². The minimum absolute atomic E-state index is 0.246. The monoisotopic (exact) mass is 323 g/mol. The first kappa shape index (κ1) is 13.1. The summed E-state index contributed by atoms with van der Waals surface area (Å²) in [6, 6.07) is 11.2. The van der Waals surface area contributed by atoms with Crippen LogP contribution >= 0.6 is 27.7 Å². The van der Waals surface area contributed by atoms with Crippen LogP contribution in [0.5, 0.6) is 0 Å². The Morgan fingerprint density at radius 3 is 2.44 bits per heavy atom. The van der Waals surface area contributed by atoms with E-state index in [1.54, 1.807) is 19.1 Å². The Balaban J connectivity index is 2.22. The normalized spacial score (nSPS) is 10.3. The van der Waals surface area contributed by atoms with Gasteiger partial charge in [-0.2, -0.15) is 0 Å². The lowest BCUT2D eigenvalue weighted by atomic mass is 10.2. The van der Waals surface area contributed by atoms with Crippen molar-refractivity contribution >= 4 is 33.7 Å². The smallest absolute Gasteiger partial charge is 0.337 e. The third-order valence-corrected chi connectivity index (χ3v) is 3.80. The molecule has 0 saturated carbocycles. The van der Waals surface area contributed by atoms with Crippen LogP contribution in [0.2, 0.25) is 0 Å². The molecule has 0 atom stereocenters. The number of hydrogen-bond donors (Lipinski definition) is 1. The summed E-state index contributed by atoms with van der Waals surface area (Å²) in [5.41, 5.74) is 0.778. The van der Waals surface area contributed by atoms with Crippen molar-refractivity contribution in [3.8, 4) is 0 Å². The predicted octanol–water partition coefficient (Wildman–Crippen LogP) is 4.00. The molecule has 1 heterocycles. The summed E-state index contributed by atoms with van der Waals surface area (Å²) in [5.74, 6) is -0.944. The van der Waals surface area contributed by atoms with Gasteiger partial charge in [-0.1, -0.05) is 27.7 Å². The molecule has 0 fully saturated rings. The van der Waals surface area contributed by atoms with Crippen LogP contribution in [0.3, 0.4) is 0 Å². The van der Waals surface area contributed by atoms with Crippen LogP contribution in [0, 0.1) is 6.92 Å². The van der Waals surface area contributed by atoms with Gasteiger partial charge in [0.15, 0.2) is 0 Å². The molecule has 0 unspecified atom stereocenters. The fourth-order valence-corrected chi connectivity index (χ4v) is 2.54. The third-order valence-electron chi connectivity index (χ3n) is 2.33. The lowest BCUT2D eigenvalue weighted by Gasteiger charge is -2.04. The van der Waals surface area contributed by atoms with Crippen molar-refractivity contribution < 1.29 is 9.90 Å². The summed E-state index contributed by atoms with van der Waals surface area (Å²) in [5, 5.41) is 9.72. The van der Waals surface area contributed by atoms with Crippen LogP contribution in [0.15, 0.2) is 50.8 Å². The fraction of sp³-hybridized carbons (Fsp3) is 0.0769. The Morgan fingerprint density at radius 2 is 1.89 bits per heavy atom. The molecule has 0 aliphatic heterocycles. The Kier molecular flexibility index (Phi) is 4.04. The molecule has 0 aliphatic rings. The van der Waals surface area contributed by atoms with Crippen molar-refractivity contribution in [3.63, 3.8) is 0 Å². The molecule has 1 aromatic heterocycles. The average Bonchev–Trinajstić information content (AvgIpc) is 2.32. The van der Waals surface area contributed by atoms with Gasteiger partial charge in [0.2, 0.25) is 0 Å². The van der Waals surface area contributed by atoms with Gasteiger partial charge in [-0.25, -0.2) is 9.78 Å². The van der Waals surface area contributed by atoms with Crippen molar-refractivity contribution in [2.75, 3.05) is 0 Å². The van der Waals surface area contributed by atoms with E-state index in [1.807, 2.05) is 24.3 Å². The second-order valence-corrected chi connectivity index (χ2v) is 5.65. The summed E-state index contributed by atoms with van der Waals surface area (Å²) >= 11 is 4.88. The van der Waals surface area contributed by atoms with Crippen molar-refractivity contribution in [1.82, 2.24) is 4.98 Å². The van der Waals surface area contributed by atoms with Gasteiger partial charge in [0.05, 0.1) is 11.3 Å². The van der Waals surface area contributed by atoms with E-state index in [0.29, 0.717) is 5.69 Å². The molecule has 2 aromatic rings. The number of halogens is 1. The summed E-state index contributed by atoms with van der Waals surface area (Å²) in [7, 11) is 0. The molecule has 2 rings (SSSR count). The second kappa shape index (κ2) is 5.54. The largest absolute Gasteiger partial charge is 0.478 e. The highest BCUT2D eigenvalue weighted by atomic mass is 79.9. The second-order valence-electron chi connectivity index (χ2n) is 3.64. The van der Waals surface area contributed by atoms with Crippen LogP contribution in [0.4, 0.5) is 0 Å². The Hall–Kier alpha value is -1.33. The number of carboxylic acids is 1. The van der Waals surface area contributed by atoms with Crippen LogP contribution in [-0.2, 0) is 0 Å². The molecule has 0 amide bonds. The minimum Gasteiger partial charge on any atom is -0.478 e. The molecule has 0 spiro atoms. The Morgan fingerprint density at radius 1 is 1.22 bits per heavy atom. The Labute approximate surface area is 117 Å². The maximum absolute atomic E-state index is 10.9. The summed E-state index contributed by atoms with van der Waals surface area (Å²) < 4.78 is 1.03. The predicted molar refractivity (Wildman–Crippen MR) is 74.2 cm³/mol. The highest BCUT2D eigenvalue weighted by Crippen LogP contribution is 2.27. The fourth-order valence-electron chi connectivity index (χ4n) is 1.44. The number of aryl methyl sites for hydroxylation is 1. The van der Waals surface area contributed by atoms with Crippen LogP contribution < -0.4 is 0 Å². The van der Waals surface area contributed by atoms with Gasteiger partial charge in [-0.3, -0.25) is 0 Å². The summed E-state index contributed by atoms with van der Waals surface area (Å²) in [4.78, 5) is 16.2. The molecule has 1 N–H and O–H groups in total. The SMILES string of the molecule is Cc1nc(Sc2ccc(Br)cc2)ccc1C(=O)O. The maximum Gasteiger partial charge on any atom is 0.337 e. The molecule has 18 heavy (non-hydrogen) atoms. The van der Waals surface area contributed by atoms with E-state index in [0.717, 1.165) is 14.4 Å². The zero-order valence-corrected chi connectivity index (χ0v) is 12.0. The van der Waals surface area contributed by atoms with E-state index in [9.17, 15) is 4.79 Å². The molecule has 0 bridgehead atoms. The highest BCUT2D eigenvalue weighted by Gasteiger charge is 2.09. The van der Waals surface area contributed by atoms with Gasteiger partial charge in [0.25, 0.3) is 0 Å². The van der Waals surface area contributed by atoms with Crippen molar-refractivity contribution in [2.45, 2.75) is 16.8 Å². The first-order valence-electron chi connectivity index (χ1n) is 5.20. The zero-order chi connectivity index (χ0) is 13.1. The Bertz CT molecular complexity index is 584. The quantitative estimate of drug-likeness (QED) is 0.927. The highest BCUT2D eigenvalue weighted by molar-refractivity contribution is 9.10. The average molecular weight is 324 g/mol. The van der Waals surface area contributed by atoms with Gasteiger partial charge in [0.1, 0.15) is 5.03 Å². The standard InChI is InChI=1S/C13H10BrNO2S/c1-8-11(13(16)17)6-7-12(15-8)18-10-4-2-9(14)3-5-10/h2-7H,1H3,(H,16,17). The molecule has 0 aliphatic carbocycles. The number of pyridine rings is 1. The molecule has 1 aromatic carbocycles. The van der Waals surface area contributed by atoms with E-state index in [4.69, 9.17) is 5.11 Å². The molecule has 0 saturated heterocycles. The van der Waals surface area contributed by atoms with Gasteiger partial charge in [0, 0.05) is 9.37 Å². The van der Waals surface area contributed by atoms with Crippen LogP contribution in [0.1, 0.15) is 16.1 Å². The van der Waals surface area contributed by atoms with E-state index in [1.165, 1.54) is 11.8 Å². The number of nitrogens with zero attached hydrogens (tertiary/aromatic N) is 1. The summed E-state index contributed by atoms with van der Waals surface area (Å²) in [6.45, 7) is 1.70. The molecule has 0 radical (unpaired) electrons. The molecule has 92 valence electrons. The first-order chi connectivity index (χ1) is 8.56. The van der Waals surface area contributed by atoms with Gasteiger partial charge in [-0.15, -0.1) is 0 Å². The number of rotatable bonds is 3. The first-order valence-corrected chi connectivity index (χ1v) is 6.81. The molecular formula is C13H10BrNO2S. The number of hydrogen-bond acceptors (Lipinski definition) is 3. The van der Waals surface area contributed by atoms with E-state index < -0.39 is 5.97 Å². The van der Waals surface area contributed by atoms with Gasteiger partial charge < -0.3 is 5.11 Å². The maximum atomic E-state index is 10.9. The van der Waals surface area contributed by atoms with E-state index in [-0.39, 0.29) is 5.56 Å². The topological polar surface area (TPSA) is 50.2 Å². The zero-order valence-electron chi connectivity index (χ0n) is 9.55. The van der Waals surface area contributed by atoms with Crippen molar-refractivity contribution in [1.29, 1.82) is 0 Å². The van der Waals surface area contributed by atoms with E-state index >= 15 is 0 Å². The van der Waals surface area contributed by atoms with Crippen molar-refractivity contribution in [3.05, 3.63) is 52.1 Å². The number of carboxylic acid groups (broad SMARTS) is 1. The third kappa shape index (κ3) is 3.11. The number of carbonyl (C=O) groups is 1. The molecule has 5 heteroatoms. The van der Waals surface area contributed by atoms with Gasteiger partial charge >= 0.3 is 5.97 Å². The minimum atomic E-state index is -0.944. The lowest BCUT2D eigenvalue weighted by molar-refractivity contribution is 0.0695. The van der Waals surface area contributed by atoms with E-state index in [2.05, 4.69) is 20.9 Å². The van der Waals surface area contributed by atoms with Crippen LogP contribution in [0.25, 0.3) is 0 Å². The molecular weight excluding hydrogens is 314 g/mol. The number of aromatic carboxylic acids is 1. The molecule has 3 nitrogen and oxygen atoms in total. The van der Waals surface area contributed by atoms with Crippen LogP contribution in [-0.4, -0.2) is 16.1 Å². The number of aromatic nitrogens is 1. The van der Waals surface area contributed by atoms with Gasteiger partial charge in [-0.05, 0) is 43.3 Å². The lowest BCUT2D eigenvalue weighted by Crippen LogP contribution is -2.01.